The molecule has 2 atom stereocenters. The van der Waals surface area contributed by atoms with Gasteiger partial charge in [-0.3, -0.25) is 0 Å². The number of thioether (sulfide) groups is 1. The van der Waals surface area contributed by atoms with Crippen LogP contribution in [0.3, 0.4) is 0 Å². The van der Waals surface area contributed by atoms with Crippen LogP contribution in [0.4, 0.5) is 4.79 Å². The number of urea groups is 1. The van der Waals surface area contributed by atoms with Crippen LogP contribution < -0.4 is 5.32 Å². The van der Waals surface area contributed by atoms with Gasteiger partial charge < -0.3 is 15.0 Å². The van der Waals surface area contributed by atoms with Crippen molar-refractivity contribution in [3.8, 4) is 0 Å². The lowest BCUT2D eigenvalue weighted by atomic mass is 10.1. The largest absolute Gasteiger partial charge is 0.371 e. The highest BCUT2D eigenvalue weighted by molar-refractivity contribution is 7.99. The van der Waals surface area contributed by atoms with Crippen molar-refractivity contribution in [1.82, 2.24) is 10.2 Å². The number of ether oxygens (including phenoxy) is 1. The highest BCUT2D eigenvalue weighted by atomic mass is 32.2. The zero-order valence-corrected chi connectivity index (χ0v) is 13.1. The van der Waals surface area contributed by atoms with Crippen LogP contribution in [0.1, 0.15) is 40.0 Å². The van der Waals surface area contributed by atoms with E-state index in [2.05, 4.69) is 26.1 Å². The molecule has 2 rings (SSSR count). The fourth-order valence-electron chi connectivity index (χ4n) is 2.72. The van der Waals surface area contributed by atoms with E-state index in [4.69, 9.17) is 4.74 Å². The molecule has 0 aromatic rings. The van der Waals surface area contributed by atoms with Gasteiger partial charge in [0.05, 0.1) is 11.7 Å². The van der Waals surface area contributed by atoms with Gasteiger partial charge in [0.25, 0.3) is 0 Å². The summed E-state index contributed by atoms with van der Waals surface area (Å²) in [6.07, 6.45) is 3.38. The van der Waals surface area contributed by atoms with Gasteiger partial charge in [0, 0.05) is 24.9 Å². The molecule has 110 valence electrons. The molecule has 0 aromatic carbocycles. The molecule has 2 heterocycles. The molecule has 2 fully saturated rings. The van der Waals surface area contributed by atoms with E-state index >= 15 is 0 Å². The summed E-state index contributed by atoms with van der Waals surface area (Å²) in [4.78, 5) is 14.2. The molecule has 0 bridgehead atoms. The molecule has 2 aliphatic rings. The minimum absolute atomic E-state index is 0.0259. The molecule has 0 aliphatic carbocycles. The fourth-order valence-corrected chi connectivity index (χ4v) is 3.76. The van der Waals surface area contributed by atoms with Gasteiger partial charge in [0.1, 0.15) is 0 Å². The first kappa shape index (κ1) is 15.0. The molecule has 2 aliphatic heterocycles. The molecule has 4 nitrogen and oxygen atoms in total. The normalized spacial score (nSPS) is 31.0. The maximum absolute atomic E-state index is 12.2. The Morgan fingerprint density at radius 3 is 2.89 bits per heavy atom. The minimum atomic E-state index is -0.0259. The van der Waals surface area contributed by atoms with Gasteiger partial charge >= 0.3 is 6.03 Å². The third-order valence-electron chi connectivity index (χ3n) is 3.98. The lowest BCUT2D eigenvalue weighted by Gasteiger charge is -2.28. The Bertz CT molecular complexity index is 323. The Kier molecular flexibility index (Phi) is 5.01. The molecule has 0 spiro atoms. The van der Waals surface area contributed by atoms with Crippen LogP contribution >= 0.6 is 11.8 Å². The number of nitrogens with one attached hydrogen (secondary N) is 1. The molecule has 1 N–H and O–H groups in total. The number of carbonyl (C=O) groups is 1. The van der Waals surface area contributed by atoms with Crippen molar-refractivity contribution in [3.05, 3.63) is 0 Å². The Labute approximate surface area is 120 Å². The average molecular weight is 286 g/mol. The van der Waals surface area contributed by atoms with Gasteiger partial charge in [-0.15, -0.1) is 0 Å². The van der Waals surface area contributed by atoms with Crippen molar-refractivity contribution in [2.24, 2.45) is 0 Å². The number of carbonyl (C=O) groups excluding carboxylic acids is 1. The van der Waals surface area contributed by atoms with E-state index in [1.54, 1.807) is 0 Å². The van der Waals surface area contributed by atoms with E-state index < -0.39 is 0 Å². The zero-order chi connectivity index (χ0) is 13.9. The zero-order valence-electron chi connectivity index (χ0n) is 12.3. The van der Waals surface area contributed by atoms with Crippen molar-refractivity contribution in [3.63, 3.8) is 0 Å². The van der Waals surface area contributed by atoms with Gasteiger partial charge in [0.2, 0.25) is 0 Å². The monoisotopic (exact) mass is 286 g/mol. The Balaban J connectivity index is 1.77. The second-order valence-corrected chi connectivity index (χ2v) is 7.39. The first-order valence-corrected chi connectivity index (χ1v) is 8.43. The number of amides is 2. The molecular formula is C14H26N2O2S. The average Bonchev–Trinajstić information content (AvgIpc) is 2.56. The van der Waals surface area contributed by atoms with E-state index in [1.165, 1.54) is 0 Å². The Morgan fingerprint density at radius 1 is 1.42 bits per heavy atom. The number of nitrogens with zero attached hydrogens (tertiary/aromatic N) is 1. The van der Waals surface area contributed by atoms with Crippen LogP contribution in [-0.4, -0.2) is 53.3 Å². The van der Waals surface area contributed by atoms with Crippen molar-refractivity contribution in [2.45, 2.75) is 57.8 Å². The lowest BCUT2D eigenvalue weighted by Crippen LogP contribution is -2.47. The molecule has 2 saturated heterocycles. The highest BCUT2D eigenvalue weighted by Gasteiger charge is 2.32. The van der Waals surface area contributed by atoms with Crippen LogP contribution in [0.15, 0.2) is 0 Å². The third-order valence-corrected chi connectivity index (χ3v) is 4.98. The summed E-state index contributed by atoms with van der Waals surface area (Å²) < 4.78 is 5.90. The molecule has 0 radical (unpaired) electrons. The maximum atomic E-state index is 12.2. The van der Waals surface area contributed by atoms with E-state index in [-0.39, 0.29) is 17.7 Å². The van der Waals surface area contributed by atoms with E-state index in [0.29, 0.717) is 12.6 Å². The second-order valence-electron chi connectivity index (χ2n) is 6.17. The van der Waals surface area contributed by atoms with Crippen LogP contribution in [0, 0.1) is 0 Å². The molecule has 2 amide bonds. The van der Waals surface area contributed by atoms with Gasteiger partial charge in [0.15, 0.2) is 0 Å². The van der Waals surface area contributed by atoms with Crippen molar-refractivity contribution in [2.75, 3.05) is 24.6 Å². The summed E-state index contributed by atoms with van der Waals surface area (Å²) in [5, 5.41) is 3.04. The van der Waals surface area contributed by atoms with Crippen molar-refractivity contribution < 1.29 is 9.53 Å². The number of hydrogen-bond donors (Lipinski definition) is 1. The lowest BCUT2D eigenvalue weighted by molar-refractivity contribution is -0.0136. The maximum Gasteiger partial charge on any atom is 0.317 e. The van der Waals surface area contributed by atoms with Gasteiger partial charge in [-0.05, 0) is 45.8 Å². The third kappa shape index (κ3) is 4.28. The summed E-state index contributed by atoms with van der Waals surface area (Å²) in [6, 6.07) is 0.416. The van der Waals surface area contributed by atoms with Crippen LogP contribution in [0.5, 0.6) is 0 Å². The van der Waals surface area contributed by atoms with Crippen LogP contribution in [0.25, 0.3) is 0 Å². The molecule has 19 heavy (non-hydrogen) atoms. The Hall–Kier alpha value is -0.420. The highest BCUT2D eigenvalue weighted by Crippen LogP contribution is 2.28. The van der Waals surface area contributed by atoms with E-state index in [9.17, 15) is 4.79 Å². The smallest absolute Gasteiger partial charge is 0.317 e. The number of rotatable bonds is 2. The molecular weight excluding hydrogens is 260 g/mol. The number of hydrogen-bond acceptors (Lipinski definition) is 3. The quantitative estimate of drug-likeness (QED) is 0.848. The summed E-state index contributed by atoms with van der Waals surface area (Å²) >= 11 is 1.94. The standard InChI is InChI=1S/C14H26N2O2S/c1-11-5-8-19-9-7-16(11)13(17)15-10-12-4-6-14(2,3)18-12/h11-12H,4-10H2,1-3H3,(H,15,17)/t11-,12+/m1/s1. The molecule has 0 unspecified atom stereocenters. The van der Waals surface area contributed by atoms with Gasteiger partial charge in [-0.1, -0.05) is 0 Å². The predicted molar refractivity (Wildman–Crippen MR) is 79.7 cm³/mol. The predicted octanol–water partition coefficient (Wildman–Crippen LogP) is 2.48. The van der Waals surface area contributed by atoms with Crippen molar-refractivity contribution in [1.29, 1.82) is 0 Å². The molecule has 0 saturated carbocycles. The summed E-state index contributed by atoms with van der Waals surface area (Å²) in [6.45, 7) is 7.86. The van der Waals surface area contributed by atoms with Gasteiger partial charge in [-0.25, -0.2) is 4.79 Å². The fraction of sp³-hybridized carbons (Fsp3) is 0.929. The van der Waals surface area contributed by atoms with Crippen molar-refractivity contribution >= 4 is 17.8 Å². The summed E-state index contributed by atoms with van der Waals surface area (Å²) in [5.74, 6) is 2.20. The van der Waals surface area contributed by atoms with E-state index in [0.717, 1.165) is 37.3 Å². The van der Waals surface area contributed by atoms with E-state index in [1.807, 2.05) is 16.7 Å². The molecule has 0 aromatic heterocycles. The van der Waals surface area contributed by atoms with Crippen LogP contribution in [0.2, 0.25) is 0 Å². The molecule has 5 heteroatoms. The minimum Gasteiger partial charge on any atom is -0.371 e. The topological polar surface area (TPSA) is 41.6 Å². The summed E-state index contributed by atoms with van der Waals surface area (Å²) in [7, 11) is 0. The van der Waals surface area contributed by atoms with Gasteiger partial charge in [-0.2, -0.15) is 11.8 Å². The first-order valence-electron chi connectivity index (χ1n) is 7.28. The first-order chi connectivity index (χ1) is 8.98. The van der Waals surface area contributed by atoms with Crippen LogP contribution in [-0.2, 0) is 4.74 Å². The summed E-state index contributed by atoms with van der Waals surface area (Å²) in [5.41, 5.74) is -0.0259. The SMILES string of the molecule is C[C@@H]1CCSCCN1C(=O)NC[C@@H]1CCC(C)(C)O1. The Morgan fingerprint density at radius 2 is 2.21 bits per heavy atom. The second kappa shape index (κ2) is 6.35.